The van der Waals surface area contributed by atoms with Crippen LogP contribution in [0.3, 0.4) is 0 Å². The van der Waals surface area contributed by atoms with Crippen LogP contribution in [0.25, 0.3) is 15.9 Å². The number of nitrogens with zero attached hydrogens (tertiary/aromatic N) is 4. The number of likely N-dealkylation sites (tertiary alicyclic amines) is 1. The molecule has 1 aliphatic rings. The molecular formula is C18H22N4S. The Labute approximate surface area is 140 Å². The van der Waals surface area contributed by atoms with Crippen molar-refractivity contribution in [3.05, 3.63) is 41.4 Å². The van der Waals surface area contributed by atoms with Gasteiger partial charge in [-0.15, -0.1) is 11.3 Å². The molecule has 2 aromatic heterocycles. The number of aromatic nitrogens is 3. The minimum atomic E-state index is 0.526. The number of benzene rings is 1. The molecule has 0 N–H and O–H groups in total. The van der Waals surface area contributed by atoms with Crippen molar-refractivity contribution in [3.8, 4) is 5.69 Å². The molecule has 1 aliphatic heterocycles. The maximum absolute atomic E-state index is 4.69. The maximum atomic E-state index is 4.69. The van der Waals surface area contributed by atoms with E-state index in [-0.39, 0.29) is 0 Å². The molecule has 0 spiro atoms. The van der Waals surface area contributed by atoms with Crippen LogP contribution >= 0.6 is 11.3 Å². The van der Waals surface area contributed by atoms with Crippen molar-refractivity contribution in [2.24, 2.45) is 0 Å². The molecule has 1 fully saturated rings. The zero-order valence-corrected chi connectivity index (χ0v) is 14.5. The summed E-state index contributed by atoms with van der Waals surface area (Å²) in [4.78, 5) is 11.8. The molecule has 4 nitrogen and oxygen atoms in total. The molecule has 23 heavy (non-hydrogen) atoms. The van der Waals surface area contributed by atoms with Crippen LogP contribution in [0.1, 0.15) is 36.5 Å². The number of hydrogen-bond acceptors (Lipinski definition) is 4. The quantitative estimate of drug-likeness (QED) is 0.730. The van der Waals surface area contributed by atoms with Crippen LogP contribution in [0.4, 0.5) is 0 Å². The van der Waals surface area contributed by atoms with Crippen molar-refractivity contribution in [1.29, 1.82) is 0 Å². The first kappa shape index (κ1) is 14.8. The van der Waals surface area contributed by atoms with Crippen LogP contribution in [0.15, 0.2) is 30.6 Å². The molecular weight excluding hydrogens is 304 g/mol. The van der Waals surface area contributed by atoms with Gasteiger partial charge in [-0.05, 0) is 51.1 Å². The zero-order chi connectivity index (χ0) is 15.8. The molecule has 1 saturated heterocycles. The summed E-state index contributed by atoms with van der Waals surface area (Å²) in [5.41, 5.74) is 2.29. The van der Waals surface area contributed by atoms with Gasteiger partial charge in [0.1, 0.15) is 5.82 Å². The molecule has 0 aliphatic carbocycles. The number of aryl methyl sites for hydroxylation is 1. The summed E-state index contributed by atoms with van der Waals surface area (Å²) in [5, 5.41) is 1.12. The lowest BCUT2D eigenvalue weighted by molar-refractivity contribution is 0.213. The van der Waals surface area contributed by atoms with Crippen LogP contribution < -0.4 is 0 Å². The third kappa shape index (κ3) is 2.79. The first-order valence-electron chi connectivity index (χ1n) is 8.38. The summed E-state index contributed by atoms with van der Waals surface area (Å²) in [6, 6.07) is 6.52. The second-order valence-corrected chi connectivity index (χ2v) is 7.51. The summed E-state index contributed by atoms with van der Waals surface area (Å²) in [5.74, 6) is 1.72. The van der Waals surface area contributed by atoms with E-state index in [1.165, 1.54) is 35.6 Å². The number of imidazole rings is 1. The van der Waals surface area contributed by atoms with Crippen LogP contribution in [0.5, 0.6) is 0 Å². The van der Waals surface area contributed by atoms with E-state index in [2.05, 4.69) is 52.7 Å². The lowest BCUT2D eigenvalue weighted by atomic mass is 9.97. The summed E-state index contributed by atoms with van der Waals surface area (Å²) >= 11 is 1.76. The van der Waals surface area contributed by atoms with Crippen molar-refractivity contribution in [2.45, 2.75) is 32.6 Å². The number of fused-ring (bicyclic) bond motifs is 1. The topological polar surface area (TPSA) is 34.0 Å². The second-order valence-electron chi connectivity index (χ2n) is 6.27. The SMILES string of the molecule is CCN1CCC[C@H](c2nccn2-c2ccc3nc(C)sc3c2)C1. The van der Waals surface area contributed by atoms with Crippen LogP contribution in [-0.2, 0) is 0 Å². The highest BCUT2D eigenvalue weighted by Crippen LogP contribution is 2.29. The minimum Gasteiger partial charge on any atom is -0.303 e. The van der Waals surface area contributed by atoms with Gasteiger partial charge in [0.2, 0.25) is 0 Å². The first-order chi connectivity index (χ1) is 11.2. The second kappa shape index (κ2) is 6.06. The largest absolute Gasteiger partial charge is 0.303 e. The van der Waals surface area contributed by atoms with E-state index in [1.807, 2.05) is 6.20 Å². The van der Waals surface area contributed by atoms with E-state index in [0.717, 1.165) is 23.6 Å². The van der Waals surface area contributed by atoms with Crippen molar-refractivity contribution in [3.63, 3.8) is 0 Å². The highest BCUT2D eigenvalue weighted by Gasteiger charge is 2.24. The van der Waals surface area contributed by atoms with Crippen molar-refractivity contribution in [1.82, 2.24) is 19.4 Å². The van der Waals surface area contributed by atoms with E-state index in [0.29, 0.717) is 5.92 Å². The average molecular weight is 326 g/mol. The minimum absolute atomic E-state index is 0.526. The average Bonchev–Trinajstić information content (AvgIpc) is 3.19. The van der Waals surface area contributed by atoms with Crippen LogP contribution in [-0.4, -0.2) is 39.1 Å². The molecule has 0 amide bonds. The van der Waals surface area contributed by atoms with E-state index in [9.17, 15) is 0 Å². The standard InChI is InChI=1S/C18H22N4S/c1-3-21-9-4-5-14(12-21)18-19-8-10-22(18)15-6-7-16-17(11-15)23-13(2)20-16/h6-8,10-11,14H,3-5,9,12H2,1-2H3/t14-/m0/s1. The first-order valence-corrected chi connectivity index (χ1v) is 9.19. The zero-order valence-electron chi connectivity index (χ0n) is 13.7. The van der Waals surface area contributed by atoms with E-state index in [1.54, 1.807) is 11.3 Å². The van der Waals surface area contributed by atoms with E-state index < -0.39 is 0 Å². The molecule has 3 heterocycles. The summed E-state index contributed by atoms with van der Waals surface area (Å²) < 4.78 is 3.51. The Balaban J connectivity index is 1.70. The number of piperidine rings is 1. The molecule has 0 bridgehead atoms. The van der Waals surface area contributed by atoms with Gasteiger partial charge in [-0.25, -0.2) is 9.97 Å². The molecule has 120 valence electrons. The van der Waals surface area contributed by atoms with Crippen molar-refractivity contribution in [2.75, 3.05) is 19.6 Å². The molecule has 5 heteroatoms. The summed E-state index contributed by atoms with van der Waals surface area (Å²) in [6.07, 6.45) is 6.52. The van der Waals surface area contributed by atoms with Gasteiger partial charge in [0.25, 0.3) is 0 Å². The monoisotopic (exact) mass is 326 g/mol. The van der Waals surface area contributed by atoms with Gasteiger partial charge in [0.15, 0.2) is 0 Å². The fourth-order valence-electron chi connectivity index (χ4n) is 3.57. The molecule has 0 saturated carbocycles. The van der Waals surface area contributed by atoms with Crippen LogP contribution in [0, 0.1) is 6.92 Å². The summed E-state index contributed by atoms with van der Waals surface area (Å²) in [7, 11) is 0. The molecule has 3 aromatic rings. The van der Waals surface area contributed by atoms with Crippen molar-refractivity contribution < 1.29 is 0 Å². The number of likely N-dealkylation sites (N-methyl/N-ethyl adjacent to an activating group) is 1. The number of hydrogen-bond donors (Lipinski definition) is 0. The smallest absolute Gasteiger partial charge is 0.117 e. The predicted molar refractivity (Wildman–Crippen MR) is 95.6 cm³/mol. The number of rotatable bonds is 3. The fraction of sp³-hybridized carbons (Fsp3) is 0.444. The van der Waals surface area contributed by atoms with Gasteiger partial charge in [-0.2, -0.15) is 0 Å². The fourth-order valence-corrected chi connectivity index (χ4v) is 4.43. The lowest BCUT2D eigenvalue weighted by Gasteiger charge is -2.31. The van der Waals surface area contributed by atoms with E-state index >= 15 is 0 Å². The van der Waals surface area contributed by atoms with Gasteiger partial charge in [-0.1, -0.05) is 6.92 Å². The number of thiazole rings is 1. The molecule has 0 unspecified atom stereocenters. The lowest BCUT2D eigenvalue weighted by Crippen LogP contribution is -2.35. The van der Waals surface area contributed by atoms with Gasteiger partial charge < -0.3 is 9.47 Å². The Hall–Kier alpha value is -1.72. The molecule has 1 aromatic carbocycles. The van der Waals surface area contributed by atoms with Gasteiger partial charge in [-0.3, -0.25) is 0 Å². The Morgan fingerprint density at radius 3 is 3.13 bits per heavy atom. The van der Waals surface area contributed by atoms with Gasteiger partial charge in [0, 0.05) is 30.5 Å². The normalized spacial score (nSPS) is 19.5. The molecule has 4 rings (SSSR count). The van der Waals surface area contributed by atoms with Gasteiger partial charge in [0.05, 0.1) is 15.2 Å². The third-order valence-corrected chi connectivity index (χ3v) is 5.68. The highest BCUT2D eigenvalue weighted by molar-refractivity contribution is 7.18. The predicted octanol–water partition coefficient (Wildman–Crippen LogP) is 3.99. The molecule has 1 atom stereocenters. The van der Waals surface area contributed by atoms with Crippen molar-refractivity contribution >= 4 is 21.6 Å². The Morgan fingerprint density at radius 2 is 2.26 bits per heavy atom. The Kier molecular flexibility index (Phi) is 3.91. The molecule has 0 radical (unpaired) electrons. The van der Waals surface area contributed by atoms with E-state index in [4.69, 9.17) is 4.98 Å². The Morgan fingerprint density at radius 1 is 1.35 bits per heavy atom. The Bertz CT molecular complexity index is 819. The van der Waals surface area contributed by atoms with Gasteiger partial charge >= 0.3 is 0 Å². The third-order valence-electron chi connectivity index (χ3n) is 4.74. The van der Waals surface area contributed by atoms with Crippen LogP contribution in [0.2, 0.25) is 0 Å². The maximum Gasteiger partial charge on any atom is 0.117 e. The highest BCUT2D eigenvalue weighted by atomic mass is 32.1. The summed E-state index contributed by atoms with van der Waals surface area (Å²) in [6.45, 7) is 7.78.